The predicted octanol–water partition coefficient (Wildman–Crippen LogP) is 4.68. The first-order chi connectivity index (χ1) is 13.4. The Morgan fingerprint density at radius 1 is 0.964 bits per heavy atom. The van der Waals surface area contributed by atoms with Crippen LogP contribution in [0, 0.1) is 13.8 Å². The van der Waals surface area contributed by atoms with Crippen LogP contribution in [0.25, 0.3) is 11.0 Å². The van der Waals surface area contributed by atoms with E-state index in [2.05, 4.69) is 15.3 Å². The van der Waals surface area contributed by atoms with Crippen molar-refractivity contribution in [2.24, 2.45) is 0 Å². The number of para-hydroxylation sites is 1. The first-order valence-electron chi connectivity index (χ1n) is 8.56. The Labute approximate surface area is 167 Å². The molecule has 0 spiro atoms. The number of benzene rings is 2. The Hall–Kier alpha value is -2.90. The van der Waals surface area contributed by atoms with Crippen molar-refractivity contribution < 1.29 is 8.42 Å². The van der Waals surface area contributed by atoms with Crippen molar-refractivity contribution in [2.75, 3.05) is 5.32 Å². The third-order valence-electron chi connectivity index (χ3n) is 4.36. The molecule has 0 saturated carbocycles. The summed E-state index contributed by atoms with van der Waals surface area (Å²) < 4.78 is 27.7. The van der Waals surface area contributed by atoms with E-state index in [9.17, 15) is 8.42 Å². The van der Waals surface area contributed by atoms with E-state index in [1.54, 1.807) is 37.3 Å². The smallest absolute Gasteiger partial charge is 0.269 e. The molecule has 1 N–H and O–H groups in total. The van der Waals surface area contributed by atoms with Crippen LogP contribution in [-0.4, -0.2) is 22.4 Å². The summed E-state index contributed by atoms with van der Waals surface area (Å²) in [4.78, 5) is 8.64. The number of hydrogen-bond acceptors (Lipinski definition) is 5. The number of halogens is 1. The molecule has 0 atom stereocenters. The number of aromatic nitrogens is 3. The highest BCUT2D eigenvalue weighted by Crippen LogP contribution is 2.30. The maximum absolute atomic E-state index is 13.3. The van der Waals surface area contributed by atoms with Gasteiger partial charge in [-0.25, -0.2) is 12.4 Å². The second-order valence-corrected chi connectivity index (χ2v) is 8.56. The molecule has 2 heterocycles. The molecule has 6 nitrogen and oxygen atoms in total. The van der Waals surface area contributed by atoms with Gasteiger partial charge in [-0.15, -0.1) is 0 Å². The SMILES string of the molecule is Cc1ccc(S(=O)(=O)n2c(C)cc3c(Nc4ccccc4)nc(Cl)nc32)cc1. The number of fused-ring (bicyclic) bond motifs is 1. The Morgan fingerprint density at radius 2 is 1.64 bits per heavy atom. The zero-order chi connectivity index (χ0) is 19.9. The largest absolute Gasteiger partial charge is 0.340 e. The predicted molar refractivity (Wildman–Crippen MR) is 111 cm³/mol. The van der Waals surface area contributed by atoms with E-state index in [0.717, 1.165) is 11.3 Å². The Balaban J connectivity index is 1.91. The molecular formula is C20H17ClN4O2S. The number of aryl methyl sites for hydroxylation is 2. The molecule has 0 amide bonds. The number of hydrogen-bond donors (Lipinski definition) is 1. The minimum Gasteiger partial charge on any atom is -0.340 e. The molecule has 0 fully saturated rings. The lowest BCUT2D eigenvalue weighted by Gasteiger charge is -2.11. The van der Waals surface area contributed by atoms with Crippen LogP contribution < -0.4 is 5.32 Å². The molecule has 0 bridgehead atoms. The second-order valence-electron chi connectivity index (χ2n) is 6.44. The fourth-order valence-corrected chi connectivity index (χ4v) is 4.68. The van der Waals surface area contributed by atoms with Crippen LogP contribution in [-0.2, 0) is 10.0 Å². The fraction of sp³-hybridized carbons (Fsp3) is 0.100. The number of nitrogens with zero attached hydrogens (tertiary/aromatic N) is 3. The Kier molecular flexibility index (Phi) is 4.56. The molecule has 0 saturated heterocycles. The minimum atomic E-state index is -3.84. The van der Waals surface area contributed by atoms with Crippen LogP contribution in [0.3, 0.4) is 0 Å². The molecule has 0 aliphatic heterocycles. The van der Waals surface area contributed by atoms with E-state index in [1.165, 1.54) is 3.97 Å². The van der Waals surface area contributed by atoms with Gasteiger partial charge in [0, 0.05) is 11.4 Å². The molecule has 28 heavy (non-hydrogen) atoms. The third-order valence-corrected chi connectivity index (χ3v) is 6.34. The van der Waals surface area contributed by atoms with E-state index in [-0.39, 0.29) is 15.8 Å². The minimum absolute atomic E-state index is 0.0376. The summed E-state index contributed by atoms with van der Waals surface area (Å²) in [5.74, 6) is 0.446. The quantitative estimate of drug-likeness (QED) is 0.492. The average molecular weight is 413 g/mol. The van der Waals surface area contributed by atoms with Crippen LogP contribution in [0.5, 0.6) is 0 Å². The van der Waals surface area contributed by atoms with E-state index >= 15 is 0 Å². The van der Waals surface area contributed by atoms with Gasteiger partial charge in [-0.05, 0) is 55.8 Å². The number of rotatable bonds is 4. The maximum Gasteiger partial charge on any atom is 0.269 e. The summed E-state index contributed by atoms with van der Waals surface area (Å²) in [5.41, 5.74) is 2.54. The van der Waals surface area contributed by atoms with Gasteiger partial charge in [0.2, 0.25) is 5.28 Å². The van der Waals surface area contributed by atoms with E-state index < -0.39 is 10.0 Å². The van der Waals surface area contributed by atoms with Crippen molar-refractivity contribution in [2.45, 2.75) is 18.7 Å². The summed E-state index contributed by atoms with van der Waals surface area (Å²) >= 11 is 6.12. The van der Waals surface area contributed by atoms with Gasteiger partial charge in [0.05, 0.1) is 10.3 Å². The molecule has 2 aromatic heterocycles. The summed E-state index contributed by atoms with van der Waals surface area (Å²) in [6, 6.07) is 17.9. The van der Waals surface area contributed by atoms with E-state index in [1.807, 2.05) is 37.3 Å². The highest BCUT2D eigenvalue weighted by atomic mass is 35.5. The first kappa shape index (κ1) is 18.5. The second kappa shape index (κ2) is 6.92. The van der Waals surface area contributed by atoms with Gasteiger partial charge in [-0.2, -0.15) is 9.97 Å². The summed E-state index contributed by atoms with van der Waals surface area (Å²) in [7, 11) is -3.84. The molecule has 8 heteroatoms. The van der Waals surface area contributed by atoms with Gasteiger partial charge in [0.15, 0.2) is 5.65 Å². The van der Waals surface area contributed by atoms with Crippen LogP contribution >= 0.6 is 11.6 Å². The van der Waals surface area contributed by atoms with Gasteiger partial charge in [0.1, 0.15) is 5.82 Å². The van der Waals surface area contributed by atoms with E-state index in [0.29, 0.717) is 16.9 Å². The lowest BCUT2D eigenvalue weighted by atomic mass is 10.2. The fourth-order valence-electron chi connectivity index (χ4n) is 3.03. The first-order valence-corrected chi connectivity index (χ1v) is 10.4. The molecule has 0 aliphatic carbocycles. The van der Waals surface area contributed by atoms with Gasteiger partial charge >= 0.3 is 0 Å². The monoisotopic (exact) mass is 412 g/mol. The van der Waals surface area contributed by atoms with Crippen molar-refractivity contribution in [1.29, 1.82) is 0 Å². The van der Waals surface area contributed by atoms with Crippen molar-refractivity contribution in [3.8, 4) is 0 Å². The van der Waals surface area contributed by atoms with Gasteiger partial charge in [-0.3, -0.25) is 0 Å². The molecule has 0 unspecified atom stereocenters. The summed E-state index contributed by atoms with van der Waals surface area (Å²) in [6.07, 6.45) is 0. The lowest BCUT2D eigenvalue weighted by molar-refractivity contribution is 0.587. The third kappa shape index (κ3) is 3.23. The number of anilines is 2. The molecule has 2 aromatic carbocycles. The topological polar surface area (TPSA) is 76.9 Å². The normalized spacial score (nSPS) is 11.7. The van der Waals surface area contributed by atoms with Crippen LogP contribution in [0.4, 0.5) is 11.5 Å². The zero-order valence-electron chi connectivity index (χ0n) is 15.2. The molecule has 4 rings (SSSR count). The molecule has 0 aliphatic rings. The van der Waals surface area contributed by atoms with Crippen LogP contribution in [0.1, 0.15) is 11.3 Å². The molecular weight excluding hydrogens is 396 g/mol. The van der Waals surface area contributed by atoms with Crippen molar-refractivity contribution in [3.63, 3.8) is 0 Å². The lowest BCUT2D eigenvalue weighted by Crippen LogP contribution is -2.15. The molecule has 0 radical (unpaired) electrons. The van der Waals surface area contributed by atoms with Crippen LogP contribution in [0.2, 0.25) is 5.28 Å². The highest BCUT2D eigenvalue weighted by molar-refractivity contribution is 7.90. The summed E-state index contributed by atoms with van der Waals surface area (Å²) in [6.45, 7) is 3.62. The Morgan fingerprint density at radius 3 is 2.32 bits per heavy atom. The summed E-state index contributed by atoms with van der Waals surface area (Å²) in [5, 5.41) is 3.72. The van der Waals surface area contributed by atoms with Crippen LogP contribution in [0.15, 0.2) is 65.6 Å². The Bertz CT molecular complexity index is 1270. The van der Waals surface area contributed by atoms with Crippen molar-refractivity contribution in [3.05, 3.63) is 77.2 Å². The van der Waals surface area contributed by atoms with Gasteiger partial charge in [0.25, 0.3) is 10.0 Å². The standard InChI is InChI=1S/C20H17ClN4O2S/c1-13-8-10-16(11-9-13)28(26,27)25-14(2)12-17-18(23-20(21)24-19(17)25)22-15-6-4-3-5-7-15/h3-12H,1-2H3,(H,22,23,24). The highest BCUT2D eigenvalue weighted by Gasteiger charge is 2.24. The number of nitrogens with one attached hydrogen (secondary N) is 1. The zero-order valence-corrected chi connectivity index (χ0v) is 16.8. The average Bonchev–Trinajstić information content (AvgIpc) is 2.99. The van der Waals surface area contributed by atoms with Crippen molar-refractivity contribution >= 4 is 44.2 Å². The van der Waals surface area contributed by atoms with Gasteiger partial charge in [-0.1, -0.05) is 35.9 Å². The molecule has 142 valence electrons. The van der Waals surface area contributed by atoms with Crippen molar-refractivity contribution in [1.82, 2.24) is 13.9 Å². The van der Waals surface area contributed by atoms with E-state index in [4.69, 9.17) is 11.6 Å². The maximum atomic E-state index is 13.3. The van der Waals surface area contributed by atoms with Gasteiger partial charge < -0.3 is 5.32 Å². The molecule has 4 aromatic rings.